The number of rotatable bonds is 6. The number of alkyl halides is 3. The zero-order valence-corrected chi connectivity index (χ0v) is 23.3. The van der Waals surface area contributed by atoms with E-state index in [9.17, 15) is 27.6 Å². The van der Waals surface area contributed by atoms with Crippen molar-refractivity contribution < 1.29 is 37.0 Å². The van der Waals surface area contributed by atoms with Crippen LogP contribution in [0, 0.1) is 0 Å². The lowest BCUT2D eigenvalue weighted by Crippen LogP contribution is -2.46. The van der Waals surface area contributed by atoms with Crippen LogP contribution in [-0.2, 0) is 15.7 Å². The Bertz CT molecular complexity index is 1230. The van der Waals surface area contributed by atoms with Crippen molar-refractivity contribution in [1.82, 2.24) is 30.1 Å². The molecular weight excluding hydrogens is 545 g/mol. The number of hydrogen-bond donors (Lipinski definition) is 1. The van der Waals surface area contributed by atoms with Crippen LogP contribution >= 0.6 is 0 Å². The molecule has 1 aromatic heterocycles. The summed E-state index contributed by atoms with van der Waals surface area (Å²) in [5, 5.41) is 10.6. The van der Waals surface area contributed by atoms with Gasteiger partial charge in [-0.1, -0.05) is 11.3 Å². The van der Waals surface area contributed by atoms with E-state index >= 15 is 0 Å². The Kier molecular flexibility index (Phi) is 9.08. The molecule has 1 N–H and O–H groups in total. The van der Waals surface area contributed by atoms with Crippen molar-refractivity contribution in [2.45, 2.75) is 70.4 Å². The summed E-state index contributed by atoms with van der Waals surface area (Å²) < 4.78 is 51.5. The standard InChI is InChI=1S/C27H35F3N6O5/c1-26(2,3)41-25(39)35-11-7-19(8-12-35)36-17-22(32-33-36)24(38)31-16-23(37)34-13-9-20(10-14-34)40-21-6-4-5-18(15-21)27(28,29)30/h4-6,15,17,19-20H,7-14,16H2,1-3H3,(H,31,38). The summed E-state index contributed by atoms with van der Waals surface area (Å²) in [6, 6.07) is 4.71. The Morgan fingerprint density at radius 2 is 1.66 bits per heavy atom. The van der Waals surface area contributed by atoms with Gasteiger partial charge in [-0.15, -0.1) is 5.10 Å². The average molecular weight is 581 g/mol. The number of hydrogen-bond acceptors (Lipinski definition) is 7. The summed E-state index contributed by atoms with van der Waals surface area (Å²) in [6.45, 7) is 6.94. The second kappa shape index (κ2) is 12.4. The topological polar surface area (TPSA) is 119 Å². The number of piperidine rings is 2. The summed E-state index contributed by atoms with van der Waals surface area (Å²) in [7, 11) is 0. The van der Waals surface area contributed by atoms with E-state index in [2.05, 4.69) is 15.6 Å². The molecule has 0 unspecified atom stereocenters. The molecule has 14 heteroatoms. The summed E-state index contributed by atoms with van der Waals surface area (Å²) in [5.74, 6) is -0.671. The van der Waals surface area contributed by atoms with E-state index in [1.165, 1.54) is 18.3 Å². The fourth-order valence-corrected chi connectivity index (χ4v) is 4.72. The average Bonchev–Trinajstić information content (AvgIpc) is 3.41. The minimum absolute atomic E-state index is 0.0242. The molecule has 41 heavy (non-hydrogen) atoms. The number of halogens is 3. The maximum Gasteiger partial charge on any atom is 0.416 e. The highest BCUT2D eigenvalue weighted by Crippen LogP contribution is 2.32. The molecule has 3 heterocycles. The molecule has 224 valence electrons. The Hall–Kier alpha value is -3.84. The van der Waals surface area contributed by atoms with Crippen LogP contribution < -0.4 is 10.1 Å². The maximum atomic E-state index is 12.9. The number of carbonyl (C=O) groups is 3. The van der Waals surface area contributed by atoms with Crippen molar-refractivity contribution in [2.75, 3.05) is 32.7 Å². The van der Waals surface area contributed by atoms with Gasteiger partial charge in [0.05, 0.1) is 24.3 Å². The van der Waals surface area contributed by atoms with E-state index < -0.39 is 23.2 Å². The van der Waals surface area contributed by atoms with E-state index in [0.29, 0.717) is 51.9 Å². The van der Waals surface area contributed by atoms with Gasteiger partial charge in [-0.2, -0.15) is 13.2 Å². The molecule has 3 amide bonds. The third kappa shape index (κ3) is 8.33. The number of ether oxygens (including phenoxy) is 2. The molecular formula is C27H35F3N6O5. The minimum atomic E-state index is -4.45. The summed E-state index contributed by atoms with van der Waals surface area (Å²) in [4.78, 5) is 40.7. The molecule has 0 radical (unpaired) electrons. The quantitative estimate of drug-likeness (QED) is 0.554. The molecule has 11 nitrogen and oxygen atoms in total. The number of aromatic nitrogens is 3. The largest absolute Gasteiger partial charge is 0.490 e. The van der Waals surface area contributed by atoms with Crippen LogP contribution in [0.1, 0.15) is 68.5 Å². The van der Waals surface area contributed by atoms with Crippen molar-refractivity contribution in [3.05, 3.63) is 41.7 Å². The second-order valence-corrected chi connectivity index (χ2v) is 11.2. The fourth-order valence-electron chi connectivity index (χ4n) is 4.72. The van der Waals surface area contributed by atoms with Crippen LogP contribution in [0.3, 0.4) is 0 Å². The summed E-state index contributed by atoms with van der Waals surface area (Å²) in [5.41, 5.74) is -1.26. The van der Waals surface area contributed by atoms with Crippen LogP contribution in [0.15, 0.2) is 30.5 Å². The highest BCUT2D eigenvalue weighted by Gasteiger charge is 2.32. The third-order valence-corrected chi connectivity index (χ3v) is 6.89. The van der Waals surface area contributed by atoms with E-state index in [1.54, 1.807) is 14.5 Å². The zero-order valence-electron chi connectivity index (χ0n) is 23.3. The van der Waals surface area contributed by atoms with Crippen molar-refractivity contribution in [1.29, 1.82) is 0 Å². The SMILES string of the molecule is CC(C)(C)OC(=O)N1CCC(n2cc(C(=O)NCC(=O)N3CCC(Oc4cccc(C(F)(F)F)c4)CC3)nn2)CC1. The monoisotopic (exact) mass is 580 g/mol. The summed E-state index contributed by atoms with van der Waals surface area (Å²) >= 11 is 0. The second-order valence-electron chi connectivity index (χ2n) is 11.2. The minimum Gasteiger partial charge on any atom is -0.490 e. The molecule has 2 aromatic rings. The lowest BCUT2D eigenvalue weighted by Gasteiger charge is -2.33. The van der Waals surface area contributed by atoms with Crippen molar-refractivity contribution >= 4 is 17.9 Å². The first-order valence-corrected chi connectivity index (χ1v) is 13.6. The van der Waals surface area contributed by atoms with E-state index in [0.717, 1.165) is 12.1 Å². The normalized spacial score (nSPS) is 17.3. The van der Waals surface area contributed by atoms with Crippen LogP contribution in [0.5, 0.6) is 5.75 Å². The highest BCUT2D eigenvalue weighted by molar-refractivity contribution is 5.94. The third-order valence-electron chi connectivity index (χ3n) is 6.89. The first-order valence-electron chi connectivity index (χ1n) is 13.6. The maximum absolute atomic E-state index is 12.9. The molecule has 2 fully saturated rings. The Balaban J connectivity index is 1.19. The molecule has 0 saturated carbocycles. The van der Waals surface area contributed by atoms with Gasteiger partial charge in [0.25, 0.3) is 5.91 Å². The molecule has 0 aliphatic carbocycles. The Morgan fingerprint density at radius 1 is 1.00 bits per heavy atom. The Morgan fingerprint density at radius 3 is 2.29 bits per heavy atom. The molecule has 0 atom stereocenters. The van der Waals surface area contributed by atoms with Crippen molar-refractivity contribution in [3.63, 3.8) is 0 Å². The first-order chi connectivity index (χ1) is 19.3. The van der Waals surface area contributed by atoms with Crippen LogP contribution in [0.25, 0.3) is 0 Å². The van der Waals surface area contributed by atoms with Gasteiger partial charge in [0.1, 0.15) is 17.5 Å². The Labute approximate surface area is 235 Å². The van der Waals surface area contributed by atoms with Gasteiger partial charge in [0.2, 0.25) is 5.91 Å². The predicted molar refractivity (Wildman–Crippen MR) is 140 cm³/mol. The van der Waals surface area contributed by atoms with E-state index in [1.807, 2.05) is 20.8 Å². The van der Waals surface area contributed by atoms with Gasteiger partial charge in [-0.05, 0) is 51.8 Å². The van der Waals surface area contributed by atoms with Gasteiger partial charge in [0.15, 0.2) is 5.69 Å². The van der Waals surface area contributed by atoms with E-state index in [4.69, 9.17) is 9.47 Å². The molecule has 2 aliphatic heterocycles. The number of carbonyl (C=O) groups excluding carboxylic acids is 3. The predicted octanol–water partition coefficient (Wildman–Crippen LogP) is 3.67. The summed E-state index contributed by atoms with van der Waals surface area (Å²) in [6.07, 6.45) is -1.41. The number of nitrogens with one attached hydrogen (secondary N) is 1. The molecule has 2 saturated heterocycles. The highest BCUT2D eigenvalue weighted by atomic mass is 19.4. The van der Waals surface area contributed by atoms with Gasteiger partial charge < -0.3 is 24.6 Å². The number of nitrogens with zero attached hydrogens (tertiary/aromatic N) is 5. The van der Waals surface area contributed by atoms with Crippen LogP contribution in [0.4, 0.5) is 18.0 Å². The lowest BCUT2D eigenvalue weighted by atomic mass is 10.1. The van der Waals surface area contributed by atoms with E-state index in [-0.39, 0.29) is 42.1 Å². The molecule has 2 aliphatic rings. The zero-order chi connectivity index (χ0) is 29.8. The number of benzene rings is 1. The molecule has 0 spiro atoms. The molecule has 4 rings (SSSR count). The van der Waals surface area contributed by atoms with Gasteiger partial charge in [-0.3, -0.25) is 9.59 Å². The van der Waals surface area contributed by atoms with Crippen molar-refractivity contribution in [3.8, 4) is 5.75 Å². The molecule has 1 aromatic carbocycles. The van der Waals surface area contributed by atoms with Crippen LogP contribution in [0.2, 0.25) is 0 Å². The van der Waals surface area contributed by atoms with Gasteiger partial charge in [-0.25, -0.2) is 9.48 Å². The van der Waals surface area contributed by atoms with Gasteiger partial charge in [0, 0.05) is 39.0 Å². The first kappa shape index (κ1) is 30.1. The van der Waals surface area contributed by atoms with Gasteiger partial charge >= 0.3 is 12.3 Å². The lowest BCUT2D eigenvalue weighted by molar-refractivity contribution is -0.138. The van der Waals surface area contributed by atoms with Crippen molar-refractivity contribution in [2.24, 2.45) is 0 Å². The number of amides is 3. The van der Waals surface area contributed by atoms with Crippen LogP contribution in [-0.4, -0.2) is 87.1 Å². The molecule has 0 bridgehead atoms. The fraction of sp³-hybridized carbons (Fsp3) is 0.593. The smallest absolute Gasteiger partial charge is 0.416 e. The number of likely N-dealkylation sites (tertiary alicyclic amines) is 2.